The van der Waals surface area contributed by atoms with Gasteiger partial charge in [0.2, 0.25) is 0 Å². The second-order valence-corrected chi connectivity index (χ2v) is 4.66. The van der Waals surface area contributed by atoms with Crippen molar-refractivity contribution in [1.82, 2.24) is 5.32 Å². The van der Waals surface area contributed by atoms with Crippen LogP contribution in [0.2, 0.25) is 0 Å². The van der Waals surface area contributed by atoms with Crippen LogP contribution < -0.4 is 5.32 Å². The van der Waals surface area contributed by atoms with Crippen molar-refractivity contribution in [3.63, 3.8) is 0 Å². The van der Waals surface area contributed by atoms with Gasteiger partial charge in [-0.15, -0.1) is 0 Å². The number of carboxylic acid groups (broad SMARTS) is 1. The van der Waals surface area contributed by atoms with E-state index in [1.807, 2.05) is 26.0 Å². The molecule has 0 radical (unpaired) electrons. The highest BCUT2D eigenvalue weighted by Gasteiger charge is 2.09. The minimum Gasteiger partial charge on any atom is -0.481 e. The average Bonchev–Trinajstić information content (AvgIpc) is 2.29. The van der Waals surface area contributed by atoms with E-state index in [4.69, 9.17) is 5.11 Å². The van der Waals surface area contributed by atoms with Crippen LogP contribution in [0.4, 0.5) is 0 Å². The monoisotopic (exact) mass is 249 g/mol. The van der Waals surface area contributed by atoms with E-state index in [1.54, 1.807) is 12.1 Å². The molecule has 18 heavy (non-hydrogen) atoms. The van der Waals surface area contributed by atoms with Crippen LogP contribution in [0.5, 0.6) is 0 Å². The normalized spacial score (nSPS) is 12.4. The predicted octanol–water partition coefficient (Wildman–Crippen LogP) is 1.42. The number of rotatable bonds is 7. The molecule has 0 spiro atoms. The Morgan fingerprint density at radius 1 is 1.28 bits per heavy atom. The number of carbonyl (C=O) groups is 2. The molecule has 0 saturated carbocycles. The lowest BCUT2D eigenvalue weighted by molar-refractivity contribution is -0.136. The summed E-state index contributed by atoms with van der Waals surface area (Å²) in [4.78, 5) is 21.5. The number of benzene rings is 1. The Kier molecular flexibility index (Phi) is 5.52. The number of hydrogen-bond acceptors (Lipinski definition) is 3. The largest absolute Gasteiger partial charge is 0.481 e. The van der Waals surface area contributed by atoms with E-state index < -0.39 is 5.97 Å². The zero-order valence-corrected chi connectivity index (χ0v) is 10.7. The summed E-state index contributed by atoms with van der Waals surface area (Å²) in [5.74, 6) is -0.838. The van der Waals surface area contributed by atoms with E-state index in [0.717, 1.165) is 17.4 Å². The Labute approximate surface area is 107 Å². The van der Waals surface area contributed by atoms with Gasteiger partial charge in [0, 0.05) is 6.04 Å². The Hall–Kier alpha value is -1.68. The van der Waals surface area contributed by atoms with Crippen molar-refractivity contribution < 1.29 is 14.7 Å². The number of nitrogens with one attached hydrogen (secondary N) is 1. The second-order valence-electron chi connectivity index (χ2n) is 4.66. The maximum Gasteiger partial charge on any atom is 0.307 e. The second kappa shape index (κ2) is 6.91. The van der Waals surface area contributed by atoms with E-state index in [2.05, 4.69) is 5.32 Å². The van der Waals surface area contributed by atoms with Gasteiger partial charge >= 0.3 is 5.97 Å². The fourth-order valence-corrected chi connectivity index (χ4v) is 1.80. The maximum atomic E-state index is 10.9. The van der Waals surface area contributed by atoms with Gasteiger partial charge in [-0.05, 0) is 17.5 Å². The summed E-state index contributed by atoms with van der Waals surface area (Å²) in [5.41, 5.74) is 1.79. The molecule has 0 bridgehead atoms. The molecular weight excluding hydrogens is 230 g/mol. The third kappa shape index (κ3) is 5.10. The molecule has 2 N–H and O–H groups in total. The van der Waals surface area contributed by atoms with Crippen molar-refractivity contribution >= 4 is 12.3 Å². The molecule has 98 valence electrons. The zero-order valence-electron chi connectivity index (χ0n) is 10.7. The number of hydrogen-bond donors (Lipinski definition) is 2. The van der Waals surface area contributed by atoms with Crippen molar-refractivity contribution in [2.45, 2.75) is 38.8 Å². The molecule has 4 heteroatoms. The number of carbonyl (C=O) groups excluding carboxylic acids is 1. The Balaban J connectivity index is 2.61. The molecule has 0 aliphatic rings. The maximum absolute atomic E-state index is 10.9. The standard InChI is InChI=1S/C14H19NO3/c1-10(2)15-13(9-16)7-11-3-5-12(6-4-11)8-14(17)18/h3-6,9-10,13,15H,7-8H2,1-2H3,(H,17,18). The highest BCUT2D eigenvalue weighted by molar-refractivity contribution is 5.70. The van der Waals surface area contributed by atoms with E-state index in [9.17, 15) is 9.59 Å². The molecule has 1 aromatic rings. The van der Waals surface area contributed by atoms with Crippen LogP contribution in [-0.4, -0.2) is 29.4 Å². The first kappa shape index (κ1) is 14.4. The van der Waals surface area contributed by atoms with Crippen molar-refractivity contribution in [3.05, 3.63) is 35.4 Å². The van der Waals surface area contributed by atoms with E-state index in [1.165, 1.54) is 0 Å². The van der Waals surface area contributed by atoms with Gasteiger partial charge in [-0.2, -0.15) is 0 Å². The molecule has 0 aliphatic heterocycles. The fourth-order valence-electron chi connectivity index (χ4n) is 1.80. The third-order valence-electron chi connectivity index (χ3n) is 2.55. The lowest BCUT2D eigenvalue weighted by atomic mass is 10.0. The molecule has 0 saturated heterocycles. The molecule has 0 fully saturated rings. The smallest absolute Gasteiger partial charge is 0.307 e. The molecule has 0 aliphatic carbocycles. The van der Waals surface area contributed by atoms with Crippen LogP contribution >= 0.6 is 0 Å². The summed E-state index contributed by atoms with van der Waals surface area (Å²) < 4.78 is 0. The molecule has 0 amide bonds. The summed E-state index contributed by atoms with van der Waals surface area (Å²) in [6, 6.07) is 7.39. The SMILES string of the molecule is CC(C)NC(C=O)Cc1ccc(CC(=O)O)cc1. The molecule has 1 atom stereocenters. The molecule has 1 unspecified atom stereocenters. The van der Waals surface area contributed by atoms with Gasteiger partial charge in [0.05, 0.1) is 12.5 Å². The van der Waals surface area contributed by atoms with Gasteiger partial charge in [0.25, 0.3) is 0 Å². The fraction of sp³-hybridized carbons (Fsp3) is 0.429. The van der Waals surface area contributed by atoms with Crippen LogP contribution in [0.1, 0.15) is 25.0 Å². The van der Waals surface area contributed by atoms with Crippen LogP contribution in [0, 0.1) is 0 Å². The summed E-state index contributed by atoms with van der Waals surface area (Å²) >= 11 is 0. The molecule has 0 aromatic heterocycles. The Morgan fingerprint density at radius 2 is 1.83 bits per heavy atom. The highest BCUT2D eigenvalue weighted by atomic mass is 16.4. The molecule has 4 nitrogen and oxygen atoms in total. The van der Waals surface area contributed by atoms with Crippen LogP contribution in [0.3, 0.4) is 0 Å². The van der Waals surface area contributed by atoms with E-state index in [-0.39, 0.29) is 18.5 Å². The Morgan fingerprint density at radius 3 is 2.28 bits per heavy atom. The number of aliphatic carboxylic acids is 1. The number of carboxylic acids is 1. The van der Waals surface area contributed by atoms with Gasteiger partial charge in [0.1, 0.15) is 6.29 Å². The third-order valence-corrected chi connectivity index (χ3v) is 2.55. The van der Waals surface area contributed by atoms with Crippen molar-refractivity contribution in [2.75, 3.05) is 0 Å². The molecule has 1 rings (SSSR count). The quantitative estimate of drug-likeness (QED) is 0.717. The van der Waals surface area contributed by atoms with Crippen LogP contribution in [0.15, 0.2) is 24.3 Å². The van der Waals surface area contributed by atoms with Crippen LogP contribution in [0.25, 0.3) is 0 Å². The summed E-state index contributed by atoms with van der Waals surface area (Å²) in [6.07, 6.45) is 1.56. The topological polar surface area (TPSA) is 66.4 Å². The van der Waals surface area contributed by atoms with Gasteiger partial charge in [-0.25, -0.2) is 0 Å². The summed E-state index contributed by atoms with van der Waals surface area (Å²) in [6.45, 7) is 3.99. The van der Waals surface area contributed by atoms with Gasteiger partial charge < -0.3 is 15.2 Å². The first-order valence-corrected chi connectivity index (χ1v) is 6.02. The zero-order chi connectivity index (χ0) is 13.5. The Bertz CT molecular complexity index is 398. The lowest BCUT2D eigenvalue weighted by Crippen LogP contribution is -2.37. The van der Waals surface area contributed by atoms with Crippen LogP contribution in [-0.2, 0) is 22.4 Å². The highest BCUT2D eigenvalue weighted by Crippen LogP contribution is 2.07. The molecule has 1 aromatic carbocycles. The van der Waals surface area contributed by atoms with Crippen molar-refractivity contribution in [1.29, 1.82) is 0 Å². The minimum atomic E-state index is -0.838. The first-order valence-electron chi connectivity index (χ1n) is 6.02. The summed E-state index contributed by atoms with van der Waals surface area (Å²) in [7, 11) is 0. The van der Waals surface area contributed by atoms with Crippen molar-refractivity contribution in [3.8, 4) is 0 Å². The minimum absolute atomic E-state index is 0.0294. The van der Waals surface area contributed by atoms with Gasteiger partial charge in [-0.1, -0.05) is 38.1 Å². The summed E-state index contributed by atoms with van der Waals surface area (Å²) in [5, 5.41) is 11.8. The molecular formula is C14H19NO3. The van der Waals surface area contributed by atoms with Gasteiger partial charge in [-0.3, -0.25) is 4.79 Å². The number of aldehydes is 1. The lowest BCUT2D eigenvalue weighted by Gasteiger charge is -2.15. The van der Waals surface area contributed by atoms with E-state index in [0.29, 0.717) is 6.42 Å². The van der Waals surface area contributed by atoms with E-state index >= 15 is 0 Å². The average molecular weight is 249 g/mol. The van der Waals surface area contributed by atoms with Crippen molar-refractivity contribution in [2.24, 2.45) is 0 Å². The van der Waals surface area contributed by atoms with Gasteiger partial charge in [0.15, 0.2) is 0 Å². The first-order chi connectivity index (χ1) is 8.51. The predicted molar refractivity (Wildman–Crippen MR) is 69.6 cm³/mol. The molecule has 0 heterocycles.